The van der Waals surface area contributed by atoms with Gasteiger partial charge in [-0.25, -0.2) is 18.1 Å². The highest BCUT2D eigenvalue weighted by molar-refractivity contribution is 7.89. The van der Waals surface area contributed by atoms with Crippen LogP contribution in [-0.4, -0.2) is 37.0 Å². The van der Waals surface area contributed by atoms with Crippen LogP contribution in [0.1, 0.15) is 17.5 Å². The lowest BCUT2D eigenvalue weighted by Crippen LogP contribution is -2.30. The molecule has 0 aliphatic heterocycles. The molecule has 0 bridgehead atoms. The van der Waals surface area contributed by atoms with E-state index < -0.39 is 10.0 Å². The lowest BCUT2D eigenvalue weighted by atomic mass is 10.2. The minimum Gasteiger partial charge on any atom is -0.484 e. The van der Waals surface area contributed by atoms with Crippen molar-refractivity contribution in [2.45, 2.75) is 31.3 Å². The van der Waals surface area contributed by atoms with Gasteiger partial charge in [0.2, 0.25) is 10.0 Å². The topological polar surface area (TPSA) is 102 Å². The third-order valence-electron chi connectivity index (χ3n) is 4.60. The molecule has 0 atom stereocenters. The van der Waals surface area contributed by atoms with Gasteiger partial charge in [0.05, 0.1) is 11.2 Å². The second-order valence-electron chi connectivity index (χ2n) is 7.03. The number of hydrogen-bond donors (Lipinski definition) is 2. The molecule has 0 spiro atoms. The van der Waals surface area contributed by atoms with Gasteiger partial charge in [0.25, 0.3) is 5.91 Å². The second kappa shape index (κ2) is 10.7. The molecule has 9 heteroatoms. The summed E-state index contributed by atoms with van der Waals surface area (Å²) in [5.41, 5.74) is 1.51. The number of benzene rings is 2. The van der Waals surface area contributed by atoms with Gasteiger partial charge in [-0.05, 0) is 42.7 Å². The van der Waals surface area contributed by atoms with Gasteiger partial charge in [-0.1, -0.05) is 30.3 Å². The van der Waals surface area contributed by atoms with Crippen molar-refractivity contribution in [3.8, 4) is 5.75 Å². The van der Waals surface area contributed by atoms with Gasteiger partial charge in [-0.2, -0.15) is 0 Å². The van der Waals surface area contributed by atoms with Crippen LogP contribution in [0, 0.1) is 6.92 Å². The van der Waals surface area contributed by atoms with E-state index in [-0.39, 0.29) is 24.0 Å². The summed E-state index contributed by atoms with van der Waals surface area (Å²) in [7, 11) is -3.65. The van der Waals surface area contributed by atoms with E-state index in [1.165, 1.54) is 12.1 Å². The zero-order chi connectivity index (χ0) is 22.1. The molecule has 0 aliphatic carbocycles. The van der Waals surface area contributed by atoms with Crippen LogP contribution in [-0.2, 0) is 27.9 Å². The first-order chi connectivity index (χ1) is 14.9. The van der Waals surface area contributed by atoms with E-state index in [4.69, 9.17) is 4.74 Å². The molecule has 2 N–H and O–H groups in total. The number of imidazole rings is 1. The molecule has 0 aliphatic rings. The fourth-order valence-electron chi connectivity index (χ4n) is 2.91. The van der Waals surface area contributed by atoms with E-state index >= 15 is 0 Å². The number of rotatable bonds is 11. The van der Waals surface area contributed by atoms with Crippen molar-refractivity contribution in [1.82, 2.24) is 19.6 Å². The zero-order valence-electron chi connectivity index (χ0n) is 17.3. The molecule has 1 amide bonds. The highest BCUT2D eigenvalue weighted by Crippen LogP contribution is 2.22. The van der Waals surface area contributed by atoms with Crippen molar-refractivity contribution in [3.63, 3.8) is 0 Å². The van der Waals surface area contributed by atoms with E-state index in [1.807, 2.05) is 41.1 Å². The Bertz CT molecular complexity index is 1080. The summed E-state index contributed by atoms with van der Waals surface area (Å²) in [4.78, 5) is 16.1. The Morgan fingerprint density at radius 1 is 1.16 bits per heavy atom. The predicted octanol–water partition coefficient (Wildman–Crippen LogP) is 2.26. The third kappa shape index (κ3) is 6.94. The molecule has 0 unspecified atom stereocenters. The maximum atomic E-state index is 12.5. The fourth-order valence-corrected chi connectivity index (χ4v) is 4.01. The van der Waals surface area contributed by atoms with Crippen LogP contribution in [0.3, 0.4) is 0 Å². The fraction of sp³-hybridized carbons (Fsp3) is 0.273. The molecule has 8 nitrogen and oxygen atoms in total. The van der Waals surface area contributed by atoms with Crippen LogP contribution in [0.25, 0.3) is 0 Å². The number of sulfonamides is 1. The zero-order valence-corrected chi connectivity index (χ0v) is 18.1. The Morgan fingerprint density at radius 3 is 2.68 bits per heavy atom. The van der Waals surface area contributed by atoms with Gasteiger partial charge in [0, 0.05) is 32.0 Å². The summed E-state index contributed by atoms with van der Waals surface area (Å²) in [6.45, 7) is 3.12. The number of aromatic nitrogens is 2. The van der Waals surface area contributed by atoms with Crippen molar-refractivity contribution in [1.29, 1.82) is 0 Å². The average molecular weight is 443 g/mol. The number of ether oxygens (including phenoxy) is 1. The number of aryl methyl sites for hydroxylation is 2. The average Bonchev–Trinajstić information content (AvgIpc) is 3.29. The number of carbonyl (C=O) groups excluding carboxylic acids is 1. The summed E-state index contributed by atoms with van der Waals surface area (Å²) in [5.74, 6) is 0.238. The molecule has 31 heavy (non-hydrogen) atoms. The molecule has 0 radical (unpaired) electrons. The van der Waals surface area contributed by atoms with Gasteiger partial charge in [-0.3, -0.25) is 4.79 Å². The van der Waals surface area contributed by atoms with Crippen LogP contribution in [0.5, 0.6) is 5.75 Å². The van der Waals surface area contributed by atoms with Crippen LogP contribution in [0.2, 0.25) is 0 Å². The summed E-state index contributed by atoms with van der Waals surface area (Å²) < 4.78 is 35.2. The van der Waals surface area contributed by atoms with Crippen molar-refractivity contribution in [2.24, 2.45) is 0 Å². The molecule has 3 aromatic rings. The third-order valence-corrected chi connectivity index (χ3v) is 6.00. The summed E-state index contributed by atoms with van der Waals surface area (Å²) in [6.07, 6.45) is 6.10. The van der Waals surface area contributed by atoms with Crippen molar-refractivity contribution in [3.05, 3.63) is 78.4 Å². The SMILES string of the molecule is Cc1cc(S(=O)(=O)NCc2ccccc2)ccc1OCC(=O)NCCCn1ccnc1. The predicted molar refractivity (Wildman–Crippen MR) is 117 cm³/mol. The molecule has 0 fully saturated rings. The highest BCUT2D eigenvalue weighted by atomic mass is 32.2. The quantitative estimate of drug-likeness (QED) is 0.444. The molecule has 2 aromatic carbocycles. The van der Waals surface area contributed by atoms with E-state index in [2.05, 4.69) is 15.0 Å². The van der Waals surface area contributed by atoms with E-state index in [0.29, 0.717) is 17.9 Å². The number of nitrogens with zero attached hydrogens (tertiary/aromatic N) is 2. The summed E-state index contributed by atoms with van der Waals surface area (Å²) in [6, 6.07) is 13.9. The molecule has 1 heterocycles. The Morgan fingerprint density at radius 2 is 1.97 bits per heavy atom. The number of hydrogen-bond acceptors (Lipinski definition) is 5. The second-order valence-corrected chi connectivity index (χ2v) is 8.80. The maximum Gasteiger partial charge on any atom is 0.257 e. The minimum atomic E-state index is -3.65. The van der Waals surface area contributed by atoms with E-state index in [9.17, 15) is 13.2 Å². The Kier molecular flexibility index (Phi) is 7.80. The van der Waals surface area contributed by atoms with Crippen LogP contribution < -0.4 is 14.8 Å². The molecule has 0 saturated carbocycles. The first-order valence-electron chi connectivity index (χ1n) is 9.93. The molecular formula is C22H26N4O4S. The maximum absolute atomic E-state index is 12.5. The van der Waals surface area contributed by atoms with Gasteiger partial charge < -0.3 is 14.6 Å². The molecule has 0 saturated heterocycles. The highest BCUT2D eigenvalue weighted by Gasteiger charge is 2.15. The van der Waals surface area contributed by atoms with Gasteiger partial charge in [0.15, 0.2) is 6.61 Å². The lowest BCUT2D eigenvalue weighted by Gasteiger charge is -2.12. The first kappa shape index (κ1) is 22.5. The van der Waals surface area contributed by atoms with E-state index in [0.717, 1.165) is 18.5 Å². The van der Waals surface area contributed by atoms with Crippen molar-refractivity contribution in [2.75, 3.05) is 13.2 Å². The lowest BCUT2D eigenvalue weighted by molar-refractivity contribution is -0.123. The Labute approximate surface area is 182 Å². The van der Waals surface area contributed by atoms with E-state index in [1.54, 1.807) is 25.5 Å². The largest absolute Gasteiger partial charge is 0.484 e. The molecular weight excluding hydrogens is 416 g/mol. The Balaban J connectivity index is 1.46. The first-order valence-corrected chi connectivity index (χ1v) is 11.4. The van der Waals surface area contributed by atoms with Crippen molar-refractivity contribution < 1.29 is 17.9 Å². The monoisotopic (exact) mass is 442 g/mol. The minimum absolute atomic E-state index is 0.135. The number of nitrogens with one attached hydrogen (secondary N) is 2. The normalized spacial score (nSPS) is 11.3. The molecule has 1 aromatic heterocycles. The number of carbonyl (C=O) groups is 1. The van der Waals surface area contributed by atoms with Gasteiger partial charge >= 0.3 is 0 Å². The molecule has 164 valence electrons. The molecule has 3 rings (SSSR count). The smallest absolute Gasteiger partial charge is 0.257 e. The van der Waals surface area contributed by atoms with Gasteiger partial charge in [0.1, 0.15) is 5.75 Å². The Hall–Kier alpha value is -3.17. The summed E-state index contributed by atoms with van der Waals surface area (Å²) in [5, 5.41) is 2.80. The standard InChI is InChI=1S/C22H26N4O4S/c1-18-14-20(31(28,29)25-15-19-6-3-2-4-7-19)8-9-21(18)30-16-22(27)24-10-5-12-26-13-11-23-17-26/h2-4,6-9,11,13-14,17,25H,5,10,12,15-16H2,1H3,(H,24,27). The number of amides is 1. The van der Waals surface area contributed by atoms with Crippen LogP contribution in [0.15, 0.2) is 72.1 Å². The van der Waals surface area contributed by atoms with Crippen LogP contribution >= 0.6 is 0 Å². The summed E-state index contributed by atoms with van der Waals surface area (Å²) >= 11 is 0. The van der Waals surface area contributed by atoms with Crippen LogP contribution in [0.4, 0.5) is 0 Å². The van der Waals surface area contributed by atoms with Gasteiger partial charge in [-0.15, -0.1) is 0 Å². The van der Waals surface area contributed by atoms with Crippen molar-refractivity contribution >= 4 is 15.9 Å².